The van der Waals surface area contributed by atoms with Gasteiger partial charge in [0.2, 0.25) is 0 Å². The standard InChI is InChI=1S/C26H34N6O/c1-3-4-10-22-27-26(15-5-6-16-26)25(33)32(22)17-19-11-13-20(14-12-19)21-9-7-8-18(2)23(21)24-28-30-31-29-24/h9,11-14,18,23H,3-8,10,15-17H2,1-2H3,(H,28,29,30,31). The highest BCUT2D eigenvalue weighted by Crippen LogP contribution is 2.42. The van der Waals surface area contributed by atoms with E-state index in [1.807, 2.05) is 4.90 Å². The Bertz CT molecular complexity index is 1030. The summed E-state index contributed by atoms with van der Waals surface area (Å²) in [7, 11) is 0. The summed E-state index contributed by atoms with van der Waals surface area (Å²) in [5, 5.41) is 15.0. The summed E-state index contributed by atoms with van der Waals surface area (Å²) < 4.78 is 0. The van der Waals surface area contributed by atoms with Crippen LogP contribution in [0.2, 0.25) is 0 Å². The predicted molar refractivity (Wildman–Crippen MR) is 128 cm³/mol. The molecule has 174 valence electrons. The highest BCUT2D eigenvalue weighted by atomic mass is 16.2. The van der Waals surface area contributed by atoms with Crippen LogP contribution in [0.4, 0.5) is 0 Å². The predicted octanol–water partition coefficient (Wildman–Crippen LogP) is 5.04. The Morgan fingerprint density at radius 3 is 2.67 bits per heavy atom. The van der Waals surface area contributed by atoms with Gasteiger partial charge >= 0.3 is 0 Å². The first-order valence-corrected chi connectivity index (χ1v) is 12.5. The number of H-pyrrole nitrogens is 1. The third kappa shape index (κ3) is 4.13. The lowest BCUT2D eigenvalue weighted by molar-refractivity contribution is -0.131. The van der Waals surface area contributed by atoms with Gasteiger partial charge in [-0.15, -0.1) is 10.2 Å². The van der Waals surface area contributed by atoms with Crippen molar-refractivity contribution in [3.63, 3.8) is 0 Å². The van der Waals surface area contributed by atoms with Crippen molar-refractivity contribution in [2.45, 2.75) is 89.6 Å². The number of rotatable bonds is 7. The third-order valence-electron chi connectivity index (χ3n) is 7.64. The number of aromatic amines is 1. The molecule has 0 bridgehead atoms. The fourth-order valence-corrected chi connectivity index (χ4v) is 5.78. The Morgan fingerprint density at radius 1 is 1.18 bits per heavy atom. The topological polar surface area (TPSA) is 87.1 Å². The average Bonchev–Trinajstić information content (AvgIpc) is 3.57. The second-order valence-corrected chi connectivity index (χ2v) is 9.92. The largest absolute Gasteiger partial charge is 0.294 e. The van der Waals surface area contributed by atoms with E-state index >= 15 is 0 Å². The first kappa shape index (κ1) is 22.0. The zero-order valence-electron chi connectivity index (χ0n) is 19.8. The molecule has 1 aromatic heterocycles. The molecular weight excluding hydrogens is 412 g/mol. The number of amidine groups is 1. The molecule has 2 unspecified atom stereocenters. The number of carbonyl (C=O) groups is 1. The van der Waals surface area contributed by atoms with E-state index in [4.69, 9.17) is 4.99 Å². The number of aromatic nitrogens is 4. The van der Waals surface area contributed by atoms with Gasteiger partial charge in [-0.3, -0.25) is 14.7 Å². The highest BCUT2D eigenvalue weighted by molar-refractivity contribution is 6.08. The fraction of sp³-hybridized carbons (Fsp3) is 0.577. The first-order chi connectivity index (χ1) is 16.1. The lowest BCUT2D eigenvalue weighted by Gasteiger charge is -2.28. The zero-order valence-corrected chi connectivity index (χ0v) is 19.8. The SMILES string of the molecule is CCCCC1=NC2(CCCC2)C(=O)N1Cc1ccc(C2=CCCC(C)C2c2nn[nH]n2)cc1. The highest BCUT2D eigenvalue weighted by Gasteiger charge is 2.49. The average molecular weight is 447 g/mol. The molecule has 1 spiro atoms. The molecule has 3 aliphatic rings. The summed E-state index contributed by atoms with van der Waals surface area (Å²) in [6.07, 6.45) is 11.6. The second kappa shape index (κ2) is 9.20. The number of aliphatic imine (C=N–C) groups is 1. The Kier molecular flexibility index (Phi) is 6.13. The second-order valence-electron chi connectivity index (χ2n) is 9.92. The van der Waals surface area contributed by atoms with Crippen molar-refractivity contribution < 1.29 is 4.79 Å². The zero-order chi connectivity index (χ0) is 22.8. The van der Waals surface area contributed by atoms with Crippen LogP contribution in [0.1, 0.15) is 94.5 Å². The Hall–Kier alpha value is -2.83. The van der Waals surface area contributed by atoms with E-state index in [-0.39, 0.29) is 11.8 Å². The molecule has 7 nitrogen and oxygen atoms in total. The Labute approximate surface area is 195 Å². The maximum absolute atomic E-state index is 13.4. The number of benzene rings is 1. The van der Waals surface area contributed by atoms with Gasteiger partial charge in [0.1, 0.15) is 11.4 Å². The van der Waals surface area contributed by atoms with Gasteiger partial charge in [0.25, 0.3) is 5.91 Å². The van der Waals surface area contributed by atoms with Crippen molar-refractivity contribution in [3.8, 4) is 0 Å². The van der Waals surface area contributed by atoms with Crippen LogP contribution in [0.25, 0.3) is 5.57 Å². The number of tetrazole rings is 1. The molecule has 0 saturated heterocycles. The lowest BCUT2D eigenvalue weighted by atomic mass is 9.76. The molecule has 2 aliphatic carbocycles. The molecule has 1 fully saturated rings. The van der Waals surface area contributed by atoms with Gasteiger partial charge < -0.3 is 0 Å². The van der Waals surface area contributed by atoms with Gasteiger partial charge in [-0.25, -0.2) is 0 Å². The minimum absolute atomic E-state index is 0.151. The van der Waals surface area contributed by atoms with Gasteiger partial charge in [0.05, 0.1) is 12.5 Å². The summed E-state index contributed by atoms with van der Waals surface area (Å²) in [5.41, 5.74) is 3.14. The van der Waals surface area contributed by atoms with Gasteiger partial charge in [-0.2, -0.15) is 5.21 Å². The van der Waals surface area contributed by atoms with E-state index in [0.717, 1.165) is 75.0 Å². The monoisotopic (exact) mass is 446 g/mol. The number of nitrogens with one attached hydrogen (secondary N) is 1. The Morgan fingerprint density at radius 2 is 1.97 bits per heavy atom. The molecule has 33 heavy (non-hydrogen) atoms. The summed E-state index contributed by atoms with van der Waals surface area (Å²) in [6.45, 7) is 5.05. The lowest BCUT2D eigenvalue weighted by Crippen LogP contribution is -2.40. The summed E-state index contributed by atoms with van der Waals surface area (Å²) in [4.78, 5) is 20.4. The first-order valence-electron chi connectivity index (χ1n) is 12.5. The summed E-state index contributed by atoms with van der Waals surface area (Å²) >= 11 is 0. The number of hydrogen-bond acceptors (Lipinski definition) is 5. The van der Waals surface area contributed by atoms with Crippen LogP contribution < -0.4 is 0 Å². The number of unbranched alkanes of at least 4 members (excludes halogenated alkanes) is 1. The van der Waals surface area contributed by atoms with Crippen LogP contribution in [0.15, 0.2) is 35.3 Å². The molecule has 7 heteroatoms. The van der Waals surface area contributed by atoms with Crippen molar-refractivity contribution in [1.29, 1.82) is 0 Å². The molecule has 1 N–H and O–H groups in total. The van der Waals surface area contributed by atoms with Crippen LogP contribution in [0.3, 0.4) is 0 Å². The molecule has 1 aromatic carbocycles. The molecule has 2 atom stereocenters. The van der Waals surface area contributed by atoms with Crippen molar-refractivity contribution in [1.82, 2.24) is 25.5 Å². The van der Waals surface area contributed by atoms with Gasteiger partial charge in [-0.05, 0) is 54.7 Å². The molecule has 1 amide bonds. The minimum Gasteiger partial charge on any atom is -0.294 e. The normalized spacial score (nSPS) is 24.4. The minimum atomic E-state index is -0.468. The summed E-state index contributed by atoms with van der Waals surface area (Å²) in [5.74, 6) is 2.59. The fourth-order valence-electron chi connectivity index (χ4n) is 5.78. The molecule has 2 heterocycles. The van der Waals surface area contributed by atoms with Crippen LogP contribution in [0, 0.1) is 5.92 Å². The third-order valence-corrected chi connectivity index (χ3v) is 7.64. The Balaban J connectivity index is 1.36. The van der Waals surface area contributed by atoms with E-state index in [0.29, 0.717) is 12.5 Å². The molecule has 0 radical (unpaired) electrons. The number of hydrogen-bond donors (Lipinski definition) is 1. The number of nitrogens with zero attached hydrogens (tertiary/aromatic N) is 5. The van der Waals surface area contributed by atoms with Crippen molar-refractivity contribution in [2.24, 2.45) is 10.9 Å². The van der Waals surface area contributed by atoms with Crippen LogP contribution in [-0.4, -0.2) is 42.8 Å². The van der Waals surface area contributed by atoms with E-state index in [9.17, 15) is 4.79 Å². The van der Waals surface area contributed by atoms with Gasteiger partial charge in [-0.1, -0.05) is 68.7 Å². The molecular formula is C26H34N6O. The number of amides is 1. The number of carbonyl (C=O) groups excluding carboxylic acids is 1. The van der Waals surface area contributed by atoms with Crippen molar-refractivity contribution >= 4 is 17.3 Å². The van der Waals surface area contributed by atoms with Crippen LogP contribution in [0.5, 0.6) is 0 Å². The molecule has 1 saturated carbocycles. The van der Waals surface area contributed by atoms with E-state index < -0.39 is 5.54 Å². The van der Waals surface area contributed by atoms with Crippen molar-refractivity contribution in [2.75, 3.05) is 0 Å². The summed E-state index contributed by atoms with van der Waals surface area (Å²) in [6, 6.07) is 8.68. The van der Waals surface area contributed by atoms with E-state index in [1.165, 1.54) is 11.1 Å². The maximum atomic E-state index is 13.4. The van der Waals surface area contributed by atoms with E-state index in [1.54, 1.807) is 0 Å². The molecule has 1 aliphatic heterocycles. The quantitative estimate of drug-likeness (QED) is 0.645. The maximum Gasteiger partial charge on any atom is 0.256 e. The van der Waals surface area contributed by atoms with Crippen LogP contribution in [-0.2, 0) is 11.3 Å². The van der Waals surface area contributed by atoms with Gasteiger partial charge in [0.15, 0.2) is 5.82 Å². The van der Waals surface area contributed by atoms with Crippen molar-refractivity contribution in [3.05, 3.63) is 47.3 Å². The molecule has 2 aromatic rings. The van der Waals surface area contributed by atoms with E-state index in [2.05, 4.69) is 64.8 Å². The van der Waals surface area contributed by atoms with Gasteiger partial charge in [0, 0.05) is 6.42 Å². The number of allylic oxidation sites excluding steroid dienone is 2. The smallest absolute Gasteiger partial charge is 0.256 e. The molecule has 5 rings (SSSR count). The van der Waals surface area contributed by atoms with Crippen LogP contribution >= 0.6 is 0 Å².